The first-order valence-electron chi connectivity index (χ1n) is 4.74. The van der Waals surface area contributed by atoms with Crippen molar-refractivity contribution in [3.05, 3.63) is 12.2 Å². The first kappa shape index (κ1) is 9.75. The zero-order valence-corrected chi connectivity index (χ0v) is 8.08. The van der Waals surface area contributed by atoms with Crippen LogP contribution in [0.15, 0.2) is 12.2 Å². The molecular formula is C10H19NO. The van der Waals surface area contributed by atoms with E-state index in [0.29, 0.717) is 0 Å². The van der Waals surface area contributed by atoms with Crippen LogP contribution in [0.1, 0.15) is 26.7 Å². The average molecular weight is 169 g/mol. The van der Waals surface area contributed by atoms with Gasteiger partial charge in [-0.2, -0.15) is 0 Å². The molecule has 1 aliphatic heterocycles. The lowest BCUT2D eigenvalue weighted by Gasteiger charge is -2.28. The first-order chi connectivity index (χ1) is 5.64. The Morgan fingerprint density at radius 1 is 1.42 bits per heavy atom. The highest BCUT2D eigenvalue weighted by Gasteiger charge is 2.22. The van der Waals surface area contributed by atoms with Gasteiger partial charge in [-0.25, -0.2) is 0 Å². The lowest BCUT2D eigenvalue weighted by Crippen LogP contribution is -2.39. The molecule has 1 unspecified atom stereocenters. The topological polar surface area (TPSA) is 23.5 Å². The van der Waals surface area contributed by atoms with E-state index < -0.39 is 5.60 Å². The van der Waals surface area contributed by atoms with Gasteiger partial charge in [-0.1, -0.05) is 25.5 Å². The highest BCUT2D eigenvalue weighted by atomic mass is 16.3. The number of aliphatic hydroxyl groups is 1. The molecule has 1 rings (SSSR count). The van der Waals surface area contributed by atoms with Gasteiger partial charge in [-0.15, -0.1) is 0 Å². The van der Waals surface area contributed by atoms with Gasteiger partial charge in [0, 0.05) is 19.6 Å². The van der Waals surface area contributed by atoms with Crippen LogP contribution in [0.4, 0.5) is 0 Å². The van der Waals surface area contributed by atoms with E-state index in [9.17, 15) is 5.11 Å². The second kappa shape index (κ2) is 4.06. The van der Waals surface area contributed by atoms with Gasteiger partial charge < -0.3 is 5.11 Å². The Labute approximate surface area is 74.9 Å². The molecule has 0 aromatic rings. The van der Waals surface area contributed by atoms with Crippen LogP contribution in [0.3, 0.4) is 0 Å². The fourth-order valence-corrected chi connectivity index (χ4v) is 1.75. The fourth-order valence-electron chi connectivity index (χ4n) is 1.75. The summed E-state index contributed by atoms with van der Waals surface area (Å²) in [5.74, 6) is 0. The van der Waals surface area contributed by atoms with Gasteiger partial charge in [0.2, 0.25) is 0 Å². The standard InChI is InChI=1S/C10H19NO/c1-3-6-10(2,12)9-11-7-4-5-8-11/h4-5,12H,3,6-9H2,1-2H3. The van der Waals surface area contributed by atoms with Crippen LogP contribution in [0, 0.1) is 0 Å². The van der Waals surface area contributed by atoms with E-state index >= 15 is 0 Å². The highest BCUT2D eigenvalue weighted by Crippen LogP contribution is 2.14. The normalized spacial score (nSPS) is 22.9. The van der Waals surface area contributed by atoms with Crippen LogP contribution in [-0.2, 0) is 0 Å². The molecule has 12 heavy (non-hydrogen) atoms. The van der Waals surface area contributed by atoms with Crippen LogP contribution in [0.5, 0.6) is 0 Å². The van der Waals surface area contributed by atoms with Gasteiger partial charge in [-0.05, 0) is 13.3 Å². The Morgan fingerprint density at radius 3 is 2.50 bits per heavy atom. The largest absolute Gasteiger partial charge is 0.389 e. The quantitative estimate of drug-likeness (QED) is 0.643. The molecule has 2 heteroatoms. The summed E-state index contributed by atoms with van der Waals surface area (Å²) in [7, 11) is 0. The molecule has 0 bridgehead atoms. The molecule has 2 nitrogen and oxygen atoms in total. The molecule has 0 fully saturated rings. The lowest BCUT2D eigenvalue weighted by molar-refractivity contribution is 0.0195. The predicted molar refractivity (Wildman–Crippen MR) is 51.1 cm³/mol. The first-order valence-corrected chi connectivity index (χ1v) is 4.74. The maximum Gasteiger partial charge on any atom is 0.0746 e. The monoisotopic (exact) mass is 169 g/mol. The Morgan fingerprint density at radius 2 is 2.00 bits per heavy atom. The van der Waals surface area contributed by atoms with E-state index in [1.807, 2.05) is 6.92 Å². The summed E-state index contributed by atoms with van der Waals surface area (Å²) >= 11 is 0. The van der Waals surface area contributed by atoms with Crippen LogP contribution in [0.2, 0.25) is 0 Å². The molecule has 0 amide bonds. The molecule has 1 heterocycles. The molecule has 0 saturated heterocycles. The summed E-state index contributed by atoms with van der Waals surface area (Å²) in [6, 6.07) is 0. The summed E-state index contributed by atoms with van der Waals surface area (Å²) in [6.45, 7) is 6.83. The third-order valence-electron chi connectivity index (χ3n) is 2.25. The van der Waals surface area contributed by atoms with E-state index in [1.54, 1.807) is 0 Å². The summed E-state index contributed by atoms with van der Waals surface area (Å²) in [5.41, 5.74) is -0.499. The van der Waals surface area contributed by atoms with E-state index in [0.717, 1.165) is 32.5 Å². The smallest absolute Gasteiger partial charge is 0.0746 e. The minimum absolute atomic E-state index is 0.499. The van der Waals surface area contributed by atoms with Gasteiger partial charge in [-0.3, -0.25) is 4.90 Å². The van der Waals surface area contributed by atoms with Gasteiger partial charge in [0.25, 0.3) is 0 Å². The summed E-state index contributed by atoms with van der Waals surface area (Å²) in [5, 5.41) is 9.91. The molecular weight excluding hydrogens is 150 g/mol. The van der Waals surface area contributed by atoms with Crippen molar-refractivity contribution in [2.45, 2.75) is 32.3 Å². The van der Waals surface area contributed by atoms with E-state index in [-0.39, 0.29) is 0 Å². The van der Waals surface area contributed by atoms with Crippen LogP contribution >= 0.6 is 0 Å². The summed E-state index contributed by atoms with van der Waals surface area (Å²) < 4.78 is 0. The molecule has 1 aliphatic rings. The van der Waals surface area contributed by atoms with Gasteiger partial charge in [0.05, 0.1) is 5.60 Å². The third-order valence-corrected chi connectivity index (χ3v) is 2.25. The van der Waals surface area contributed by atoms with E-state index in [2.05, 4.69) is 24.0 Å². The minimum atomic E-state index is -0.499. The van der Waals surface area contributed by atoms with Crippen LogP contribution < -0.4 is 0 Å². The molecule has 0 aliphatic carbocycles. The second-order valence-corrected chi connectivity index (χ2v) is 3.91. The zero-order valence-electron chi connectivity index (χ0n) is 8.08. The lowest BCUT2D eigenvalue weighted by atomic mass is 10.0. The van der Waals surface area contributed by atoms with E-state index in [1.165, 1.54) is 0 Å². The molecule has 70 valence electrons. The van der Waals surface area contributed by atoms with Crippen LogP contribution in [0.25, 0.3) is 0 Å². The highest BCUT2D eigenvalue weighted by molar-refractivity contribution is 4.97. The van der Waals surface area contributed by atoms with Crippen molar-refractivity contribution in [1.29, 1.82) is 0 Å². The second-order valence-electron chi connectivity index (χ2n) is 3.91. The van der Waals surface area contributed by atoms with Crippen molar-refractivity contribution in [1.82, 2.24) is 4.90 Å². The molecule has 0 radical (unpaired) electrons. The number of hydrogen-bond donors (Lipinski definition) is 1. The van der Waals surface area contributed by atoms with Gasteiger partial charge in [0.15, 0.2) is 0 Å². The van der Waals surface area contributed by atoms with Crippen molar-refractivity contribution in [3.63, 3.8) is 0 Å². The van der Waals surface area contributed by atoms with Crippen LogP contribution in [-0.4, -0.2) is 35.2 Å². The Hall–Kier alpha value is -0.340. The van der Waals surface area contributed by atoms with Gasteiger partial charge >= 0.3 is 0 Å². The average Bonchev–Trinajstić information content (AvgIpc) is 2.38. The minimum Gasteiger partial charge on any atom is -0.389 e. The molecule has 0 spiro atoms. The Bertz CT molecular complexity index is 155. The Balaban J connectivity index is 2.28. The van der Waals surface area contributed by atoms with Crippen molar-refractivity contribution < 1.29 is 5.11 Å². The Kier molecular flexibility index (Phi) is 3.29. The third kappa shape index (κ3) is 2.95. The van der Waals surface area contributed by atoms with Crippen molar-refractivity contribution >= 4 is 0 Å². The molecule has 0 saturated carbocycles. The number of β-amino-alcohol motifs (C(OH)–C–C–N with tert-alkyl or cyclic N) is 1. The summed E-state index contributed by atoms with van der Waals surface area (Å²) in [4.78, 5) is 2.26. The maximum absolute atomic E-state index is 9.91. The van der Waals surface area contributed by atoms with Crippen molar-refractivity contribution in [2.24, 2.45) is 0 Å². The summed E-state index contributed by atoms with van der Waals surface area (Å²) in [6.07, 6.45) is 6.25. The van der Waals surface area contributed by atoms with Crippen molar-refractivity contribution in [3.8, 4) is 0 Å². The van der Waals surface area contributed by atoms with Gasteiger partial charge in [0.1, 0.15) is 0 Å². The molecule has 0 aromatic carbocycles. The van der Waals surface area contributed by atoms with Crippen molar-refractivity contribution in [2.75, 3.05) is 19.6 Å². The molecule has 1 N–H and O–H groups in total. The SMILES string of the molecule is CCCC(C)(O)CN1CC=CC1. The number of nitrogens with zero attached hydrogens (tertiary/aromatic N) is 1. The molecule has 1 atom stereocenters. The fraction of sp³-hybridized carbons (Fsp3) is 0.800. The zero-order chi connectivity index (χ0) is 9.03. The number of rotatable bonds is 4. The number of hydrogen-bond acceptors (Lipinski definition) is 2. The molecule has 0 aromatic heterocycles. The maximum atomic E-state index is 9.91. The van der Waals surface area contributed by atoms with E-state index in [4.69, 9.17) is 0 Å². The predicted octanol–water partition coefficient (Wildman–Crippen LogP) is 1.41.